The third-order valence-electron chi connectivity index (χ3n) is 6.45. The highest BCUT2D eigenvalue weighted by Crippen LogP contribution is 2.29. The van der Waals surface area contributed by atoms with E-state index in [1.165, 1.54) is 24.1 Å². The maximum absolute atomic E-state index is 12.7. The number of hydrogen-bond acceptors (Lipinski definition) is 6. The fourth-order valence-corrected chi connectivity index (χ4v) is 5.25. The molecule has 4 heterocycles. The Hall–Kier alpha value is -1.99. The minimum absolute atomic E-state index is 0.314. The molecule has 2 aliphatic rings. The molecule has 162 valence electrons. The van der Waals surface area contributed by atoms with E-state index in [0.717, 1.165) is 55.7 Å². The summed E-state index contributed by atoms with van der Waals surface area (Å²) >= 11 is 1.63. The van der Waals surface area contributed by atoms with Gasteiger partial charge in [0, 0.05) is 54.8 Å². The molecule has 1 amide bonds. The molecule has 0 bridgehead atoms. The topological polar surface area (TPSA) is 61.4 Å². The second-order valence-electron chi connectivity index (χ2n) is 8.63. The lowest BCUT2D eigenvalue weighted by Crippen LogP contribution is -2.42. The van der Waals surface area contributed by atoms with Gasteiger partial charge in [0.15, 0.2) is 5.13 Å². The molecule has 2 aromatic heterocycles. The molecule has 0 spiro atoms. The fourth-order valence-electron chi connectivity index (χ4n) is 4.58. The Bertz CT molecular complexity index is 846. The lowest BCUT2D eigenvalue weighted by atomic mass is 9.93. The number of piperidine rings is 2. The number of likely N-dealkylation sites (tertiary alicyclic amines) is 2. The molecule has 7 heteroatoms. The Morgan fingerprint density at radius 2 is 2.03 bits per heavy atom. The Balaban J connectivity index is 1.27. The van der Waals surface area contributed by atoms with Crippen molar-refractivity contribution in [3.63, 3.8) is 0 Å². The first-order valence-corrected chi connectivity index (χ1v) is 12.1. The van der Waals surface area contributed by atoms with Crippen LogP contribution in [-0.4, -0.2) is 57.9 Å². The lowest BCUT2D eigenvalue weighted by Gasteiger charge is -2.35. The van der Waals surface area contributed by atoms with Crippen LogP contribution in [0.2, 0.25) is 0 Å². The maximum atomic E-state index is 12.7. The monoisotopic (exact) mass is 427 g/mol. The second-order valence-corrected chi connectivity index (χ2v) is 9.87. The van der Waals surface area contributed by atoms with Crippen LogP contribution in [-0.2, 0) is 4.79 Å². The van der Waals surface area contributed by atoms with Crippen LogP contribution in [0.15, 0.2) is 24.4 Å². The molecule has 2 saturated heterocycles. The minimum atomic E-state index is 0.314. The molecule has 1 atom stereocenters. The third-order valence-corrected chi connectivity index (χ3v) is 7.27. The van der Waals surface area contributed by atoms with Crippen LogP contribution in [0.5, 0.6) is 0 Å². The normalized spacial score (nSPS) is 21.0. The Labute approximate surface area is 183 Å². The SMILES string of the molecule is Cc1cnc(Nc2cccc(C3CCN(C(=O)CCN4CCCCC4C)CC3)n2)s1. The summed E-state index contributed by atoms with van der Waals surface area (Å²) in [6, 6.07) is 6.78. The molecule has 0 saturated carbocycles. The number of aromatic nitrogens is 2. The van der Waals surface area contributed by atoms with Gasteiger partial charge in [-0.2, -0.15) is 0 Å². The van der Waals surface area contributed by atoms with Crippen LogP contribution in [0.3, 0.4) is 0 Å². The summed E-state index contributed by atoms with van der Waals surface area (Å²) in [6.07, 6.45) is 8.36. The number of hydrogen-bond donors (Lipinski definition) is 1. The molecule has 2 aromatic rings. The van der Waals surface area contributed by atoms with Gasteiger partial charge in [0.25, 0.3) is 0 Å². The Morgan fingerprint density at radius 1 is 1.20 bits per heavy atom. The van der Waals surface area contributed by atoms with Gasteiger partial charge in [0.2, 0.25) is 5.91 Å². The average molecular weight is 428 g/mol. The first kappa shape index (κ1) is 21.2. The number of anilines is 2. The number of nitrogens with one attached hydrogen (secondary N) is 1. The number of rotatable bonds is 6. The van der Waals surface area contributed by atoms with Gasteiger partial charge in [-0.25, -0.2) is 9.97 Å². The zero-order chi connectivity index (χ0) is 20.9. The first-order valence-electron chi connectivity index (χ1n) is 11.3. The molecule has 2 aliphatic heterocycles. The Kier molecular flexibility index (Phi) is 7.00. The number of amides is 1. The van der Waals surface area contributed by atoms with Crippen molar-refractivity contribution in [3.8, 4) is 0 Å². The standard InChI is InChI=1S/C23H33N5OS/c1-17-6-3-4-12-27(17)15-11-22(29)28-13-9-19(10-14-28)20-7-5-8-21(25-20)26-23-24-16-18(2)30-23/h5,7-8,16-17,19H,3-4,6,9-15H2,1-2H3,(H,24,25,26). The summed E-state index contributed by atoms with van der Waals surface area (Å²) in [7, 11) is 0. The van der Waals surface area contributed by atoms with Gasteiger partial charge in [0.05, 0.1) is 0 Å². The van der Waals surface area contributed by atoms with E-state index in [-0.39, 0.29) is 0 Å². The second kappa shape index (κ2) is 9.88. The molecule has 6 nitrogen and oxygen atoms in total. The third kappa shape index (κ3) is 5.38. The molecule has 2 fully saturated rings. The number of nitrogens with zero attached hydrogens (tertiary/aromatic N) is 4. The number of pyridine rings is 1. The smallest absolute Gasteiger partial charge is 0.223 e. The van der Waals surface area contributed by atoms with Crippen LogP contribution >= 0.6 is 11.3 Å². The highest BCUT2D eigenvalue weighted by atomic mass is 32.1. The molecule has 4 rings (SSSR count). The van der Waals surface area contributed by atoms with Crippen LogP contribution < -0.4 is 5.32 Å². The summed E-state index contributed by atoms with van der Waals surface area (Å²) in [5, 5.41) is 4.19. The number of aryl methyl sites for hydroxylation is 1. The minimum Gasteiger partial charge on any atom is -0.343 e. The summed E-state index contributed by atoms with van der Waals surface area (Å²) in [6.45, 7) is 8.07. The highest BCUT2D eigenvalue weighted by molar-refractivity contribution is 7.15. The molecule has 0 radical (unpaired) electrons. The van der Waals surface area contributed by atoms with Crippen molar-refractivity contribution >= 4 is 28.2 Å². The summed E-state index contributed by atoms with van der Waals surface area (Å²) in [5.41, 5.74) is 1.11. The van der Waals surface area contributed by atoms with Crippen molar-refractivity contribution in [3.05, 3.63) is 35.0 Å². The van der Waals surface area contributed by atoms with E-state index >= 15 is 0 Å². The first-order chi connectivity index (χ1) is 14.6. The van der Waals surface area contributed by atoms with E-state index in [2.05, 4.69) is 46.1 Å². The van der Waals surface area contributed by atoms with Crippen LogP contribution in [0.4, 0.5) is 10.9 Å². The Morgan fingerprint density at radius 3 is 2.77 bits per heavy atom. The predicted octanol–water partition coefficient (Wildman–Crippen LogP) is 4.56. The zero-order valence-electron chi connectivity index (χ0n) is 18.1. The van der Waals surface area contributed by atoms with E-state index in [9.17, 15) is 4.79 Å². The summed E-state index contributed by atoms with van der Waals surface area (Å²) in [5.74, 6) is 1.57. The summed E-state index contributed by atoms with van der Waals surface area (Å²) < 4.78 is 0. The number of thiazole rings is 1. The van der Waals surface area contributed by atoms with Crippen molar-refractivity contribution in [2.24, 2.45) is 0 Å². The number of carbonyl (C=O) groups is 1. The molecular weight excluding hydrogens is 394 g/mol. The molecule has 1 N–H and O–H groups in total. The van der Waals surface area contributed by atoms with Gasteiger partial charge in [-0.3, -0.25) is 4.79 Å². The van der Waals surface area contributed by atoms with Crippen molar-refractivity contribution in [2.45, 2.75) is 64.3 Å². The van der Waals surface area contributed by atoms with Crippen molar-refractivity contribution in [1.29, 1.82) is 0 Å². The van der Waals surface area contributed by atoms with Gasteiger partial charge in [-0.05, 0) is 58.2 Å². The number of carbonyl (C=O) groups excluding carboxylic acids is 1. The van der Waals surface area contributed by atoms with Gasteiger partial charge < -0.3 is 15.1 Å². The maximum Gasteiger partial charge on any atom is 0.223 e. The van der Waals surface area contributed by atoms with Gasteiger partial charge in [0.1, 0.15) is 5.82 Å². The van der Waals surface area contributed by atoms with Crippen LogP contribution in [0.25, 0.3) is 0 Å². The van der Waals surface area contributed by atoms with E-state index in [4.69, 9.17) is 4.98 Å². The van der Waals surface area contributed by atoms with Crippen molar-refractivity contribution in [2.75, 3.05) is 31.5 Å². The lowest BCUT2D eigenvalue weighted by molar-refractivity contribution is -0.132. The van der Waals surface area contributed by atoms with E-state index < -0.39 is 0 Å². The largest absolute Gasteiger partial charge is 0.343 e. The van der Waals surface area contributed by atoms with Gasteiger partial charge in [-0.1, -0.05) is 12.5 Å². The zero-order valence-corrected chi connectivity index (χ0v) is 19.0. The van der Waals surface area contributed by atoms with Crippen LogP contribution in [0, 0.1) is 6.92 Å². The van der Waals surface area contributed by atoms with Gasteiger partial charge >= 0.3 is 0 Å². The van der Waals surface area contributed by atoms with E-state index in [0.29, 0.717) is 24.3 Å². The molecule has 1 unspecified atom stereocenters. The average Bonchev–Trinajstić information content (AvgIpc) is 3.18. The van der Waals surface area contributed by atoms with Gasteiger partial charge in [-0.15, -0.1) is 11.3 Å². The highest BCUT2D eigenvalue weighted by Gasteiger charge is 2.26. The summed E-state index contributed by atoms with van der Waals surface area (Å²) in [4.78, 5) is 27.6. The molecule has 30 heavy (non-hydrogen) atoms. The molecule has 0 aromatic carbocycles. The van der Waals surface area contributed by atoms with Crippen molar-refractivity contribution in [1.82, 2.24) is 19.8 Å². The van der Waals surface area contributed by atoms with E-state index in [1.807, 2.05) is 12.3 Å². The molecule has 0 aliphatic carbocycles. The van der Waals surface area contributed by atoms with E-state index in [1.54, 1.807) is 11.3 Å². The quantitative estimate of drug-likeness (QED) is 0.732. The predicted molar refractivity (Wildman–Crippen MR) is 122 cm³/mol. The molecular formula is C23H33N5OS. The van der Waals surface area contributed by atoms with Crippen LogP contribution in [0.1, 0.15) is 61.9 Å². The fraction of sp³-hybridized carbons (Fsp3) is 0.609. The van der Waals surface area contributed by atoms with Crippen molar-refractivity contribution < 1.29 is 4.79 Å².